The maximum Gasteiger partial charge on any atom is 0.308 e. The van der Waals surface area contributed by atoms with Gasteiger partial charge in [-0.2, -0.15) is 0 Å². The number of carbonyl (C=O) groups excluding carboxylic acids is 3. The number of carbonyl (C=O) groups is 3. The number of amides is 2. The number of hydrogen-bond donors (Lipinski definition) is 1. The minimum Gasteiger partial charge on any atom is -0.494 e. The van der Waals surface area contributed by atoms with Crippen molar-refractivity contribution in [2.24, 2.45) is 0 Å². The van der Waals surface area contributed by atoms with Crippen LogP contribution in [0.2, 0.25) is 0 Å². The van der Waals surface area contributed by atoms with Crippen LogP contribution in [0, 0.1) is 0 Å². The molecule has 0 aromatic heterocycles. The summed E-state index contributed by atoms with van der Waals surface area (Å²) in [5.41, 5.74) is 0.458. The van der Waals surface area contributed by atoms with E-state index in [2.05, 4.69) is 12.2 Å². The van der Waals surface area contributed by atoms with Gasteiger partial charge in [0.2, 0.25) is 5.91 Å². The summed E-state index contributed by atoms with van der Waals surface area (Å²) in [5, 5.41) is 2.72. The Morgan fingerprint density at radius 1 is 1.11 bits per heavy atom. The van der Waals surface area contributed by atoms with Gasteiger partial charge in [-0.25, -0.2) is 0 Å². The Hall–Kier alpha value is -2.57. The molecule has 28 heavy (non-hydrogen) atoms. The third-order valence-corrected chi connectivity index (χ3v) is 4.54. The number of nitrogens with zero attached hydrogens (tertiary/aromatic N) is 1. The Balaban J connectivity index is 2.00. The lowest BCUT2D eigenvalue weighted by Crippen LogP contribution is -2.57. The molecule has 1 atom stereocenters. The predicted molar refractivity (Wildman–Crippen MR) is 105 cm³/mol. The van der Waals surface area contributed by atoms with E-state index in [0.717, 1.165) is 25.7 Å². The maximum absolute atomic E-state index is 12.9. The molecule has 0 spiro atoms. The van der Waals surface area contributed by atoms with Gasteiger partial charge in [0.05, 0.1) is 19.6 Å². The molecule has 0 radical (unpaired) electrons. The highest BCUT2D eigenvalue weighted by molar-refractivity contribution is 5.99. The molecule has 1 N–H and O–H groups in total. The van der Waals surface area contributed by atoms with Crippen LogP contribution in [0.15, 0.2) is 24.3 Å². The molecule has 1 aliphatic rings. The number of esters is 1. The highest BCUT2D eigenvalue weighted by Crippen LogP contribution is 2.18. The topological polar surface area (TPSA) is 84.9 Å². The first-order valence-electron chi connectivity index (χ1n) is 10.0. The van der Waals surface area contributed by atoms with E-state index in [4.69, 9.17) is 9.47 Å². The average Bonchev–Trinajstić information content (AvgIpc) is 2.71. The molecular formula is C21H30N2O5. The first-order valence-corrected chi connectivity index (χ1v) is 10.0. The number of unbranched alkanes of at least 4 members (excludes halogenated alkanes) is 2. The summed E-state index contributed by atoms with van der Waals surface area (Å²) < 4.78 is 10.7. The van der Waals surface area contributed by atoms with E-state index in [0.29, 0.717) is 37.6 Å². The van der Waals surface area contributed by atoms with Crippen molar-refractivity contribution in [1.82, 2.24) is 10.2 Å². The van der Waals surface area contributed by atoms with Gasteiger partial charge in [-0.1, -0.05) is 26.7 Å². The Morgan fingerprint density at radius 3 is 2.54 bits per heavy atom. The smallest absolute Gasteiger partial charge is 0.308 e. The van der Waals surface area contributed by atoms with Crippen molar-refractivity contribution in [2.75, 3.05) is 26.3 Å². The van der Waals surface area contributed by atoms with Crippen molar-refractivity contribution < 1.29 is 23.9 Å². The van der Waals surface area contributed by atoms with Gasteiger partial charge in [0, 0.05) is 18.7 Å². The Morgan fingerprint density at radius 2 is 1.86 bits per heavy atom. The third kappa shape index (κ3) is 6.25. The Labute approximate surface area is 166 Å². The summed E-state index contributed by atoms with van der Waals surface area (Å²) in [7, 11) is 0. The van der Waals surface area contributed by atoms with Gasteiger partial charge < -0.3 is 19.7 Å². The summed E-state index contributed by atoms with van der Waals surface area (Å²) in [6, 6.07) is 5.99. The second-order valence-corrected chi connectivity index (χ2v) is 6.81. The van der Waals surface area contributed by atoms with Crippen LogP contribution < -0.4 is 10.1 Å². The monoisotopic (exact) mass is 390 g/mol. The highest BCUT2D eigenvalue weighted by Gasteiger charge is 2.35. The van der Waals surface area contributed by atoms with E-state index >= 15 is 0 Å². The minimum absolute atomic E-state index is 0.138. The van der Waals surface area contributed by atoms with Crippen LogP contribution in [0.1, 0.15) is 56.3 Å². The number of piperazine rings is 1. The summed E-state index contributed by atoms with van der Waals surface area (Å²) >= 11 is 0. The molecule has 1 fully saturated rings. The van der Waals surface area contributed by atoms with E-state index in [1.807, 2.05) is 6.92 Å². The molecule has 1 unspecified atom stereocenters. The fourth-order valence-electron chi connectivity index (χ4n) is 3.00. The van der Waals surface area contributed by atoms with Gasteiger partial charge in [-0.05, 0) is 37.1 Å². The first kappa shape index (κ1) is 21.7. The molecule has 154 valence electrons. The number of hydrogen-bond acceptors (Lipinski definition) is 5. The lowest BCUT2D eigenvalue weighted by atomic mass is 10.1. The zero-order valence-electron chi connectivity index (χ0n) is 16.7. The lowest BCUT2D eigenvalue weighted by Gasteiger charge is -2.34. The predicted octanol–water partition coefficient (Wildman–Crippen LogP) is 2.54. The van der Waals surface area contributed by atoms with Crippen molar-refractivity contribution >= 4 is 17.8 Å². The number of rotatable bonds is 10. The normalized spacial score (nSPS) is 16.4. The van der Waals surface area contributed by atoms with Crippen LogP contribution in [0.5, 0.6) is 5.75 Å². The molecule has 2 amide bonds. The van der Waals surface area contributed by atoms with Crippen molar-refractivity contribution in [1.29, 1.82) is 0 Å². The summed E-state index contributed by atoms with van der Waals surface area (Å²) in [5.74, 6) is -0.366. The first-order chi connectivity index (χ1) is 13.6. The van der Waals surface area contributed by atoms with Crippen LogP contribution >= 0.6 is 0 Å². The zero-order valence-corrected chi connectivity index (χ0v) is 16.7. The van der Waals surface area contributed by atoms with Gasteiger partial charge in [0.25, 0.3) is 5.91 Å². The largest absolute Gasteiger partial charge is 0.494 e. The highest BCUT2D eigenvalue weighted by atomic mass is 16.5. The lowest BCUT2D eigenvalue weighted by molar-refractivity contribution is -0.147. The fourth-order valence-corrected chi connectivity index (χ4v) is 3.00. The van der Waals surface area contributed by atoms with Gasteiger partial charge in [-0.15, -0.1) is 0 Å². The van der Waals surface area contributed by atoms with Crippen molar-refractivity contribution in [3.8, 4) is 5.75 Å². The maximum atomic E-state index is 12.9. The second-order valence-electron chi connectivity index (χ2n) is 6.81. The van der Waals surface area contributed by atoms with Gasteiger partial charge >= 0.3 is 5.97 Å². The van der Waals surface area contributed by atoms with Crippen molar-refractivity contribution in [3.05, 3.63) is 29.8 Å². The van der Waals surface area contributed by atoms with E-state index in [1.165, 1.54) is 4.90 Å². The average molecular weight is 390 g/mol. The molecule has 7 nitrogen and oxygen atoms in total. The Kier molecular flexibility index (Phi) is 8.78. The molecule has 1 aliphatic heterocycles. The molecule has 0 saturated carbocycles. The molecule has 1 aromatic carbocycles. The van der Waals surface area contributed by atoms with E-state index in [9.17, 15) is 14.4 Å². The van der Waals surface area contributed by atoms with Crippen LogP contribution in [0.3, 0.4) is 0 Å². The number of ether oxygens (including phenoxy) is 2. The molecule has 2 rings (SSSR count). The van der Waals surface area contributed by atoms with Gasteiger partial charge in [-0.3, -0.25) is 14.4 Å². The van der Waals surface area contributed by atoms with Crippen molar-refractivity contribution in [3.63, 3.8) is 0 Å². The molecule has 1 aromatic rings. The molecule has 0 aliphatic carbocycles. The molecule has 7 heteroatoms. The molecule has 1 saturated heterocycles. The van der Waals surface area contributed by atoms with Crippen molar-refractivity contribution in [2.45, 2.75) is 52.0 Å². The fraction of sp³-hybridized carbons (Fsp3) is 0.571. The standard InChI is InChI=1S/C21H30N2O5/c1-3-5-6-14-28-19(24)15-18-20(25)22-11-12-23(18)21(26)16-7-9-17(10-8-16)27-13-4-2/h7-10,18H,3-6,11-15H2,1-2H3,(H,22,25). The summed E-state index contributed by atoms with van der Waals surface area (Å²) in [6.07, 6.45) is 3.59. The minimum atomic E-state index is -0.851. The zero-order chi connectivity index (χ0) is 20.4. The van der Waals surface area contributed by atoms with Crippen LogP contribution in [-0.2, 0) is 14.3 Å². The molecular weight excluding hydrogens is 360 g/mol. The molecule has 0 bridgehead atoms. The Bertz CT molecular complexity index is 659. The van der Waals surface area contributed by atoms with Crippen LogP contribution in [-0.4, -0.2) is 55.0 Å². The molecule has 1 heterocycles. The summed E-state index contributed by atoms with van der Waals surface area (Å²) in [6.45, 7) is 5.77. The SMILES string of the molecule is CCCCCOC(=O)CC1C(=O)NCCN1C(=O)c1ccc(OCCC)cc1. The van der Waals surface area contributed by atoms with E-state index < -0.39 is 12.0 Å². The van der Waals surface area contributed by atoms with E-state index in [-0.39, 0.29) is 18.2 Å². The number of benzene rings is 1. The van der Waals surface area contributed by atoms with E-state index in [1.54, 1.807) is 24.3 Å². The summed E-state index contributed by atoms with van der Waals surface area (Å²) in [4.78, 5) is 38.8. The van der Waals surface area contributed by atoms with Gasteiger partial charge in [0.15, 0.2) is 0 Å². The van der Waals surface area contributed by atoms with Crippen LogP contribution in [0.25, 0.3) is 0 Å². The quantitative estimate of drug-likeness (QED) is 0.490. The third-order valence-electron chi connectivity index (χ3n) is 4.54. The number of nitrogens with one attached hydrogen (secondary N) is 1. The van der Waals surface area contributed by atoms with Crippen LogP contribution in [0.4, 0.5) is 0 Å². The second kappa shape index (κ2) is 11.3. The van der Waals surface area contributed by atoms with Gasteiger partial charge in [0.1, 0.15) is 11.8 Å².